The summed E-state index contributed by atoms with van der Waals surface area (Å²) in [5, 5.41) is 21.2. The number of hydrogen-bond donors (Lipinski definition) is 3. The summed E-state index contributed by atoms with van der Waals surface area (Å²) >= 11 is 0. The van der Waals surface area contributed by atoms with E-state index in [0.29, 0.717) is 19.6 Å². The number of urea groups is 1. The SMILES string of the molecule is O=C(O)CCN1CCN(C(=O)NC2CCC(O)CC2)CC1. The van der Waals surface area contributed by atoms with E-state index < -0.39 is 5.97 Å². The van der Waals surface area contributed by atoms with Gasteiger partial charge >= 0.3 is 12.0 Å². The summed E-state index contributed by atoms with van der Waals surface area (Å²) in [7, 11) is 0. The van der Waals surface area contributed by atoms with Gasteiger partial charge in [-0.15, -0.1) is 0 Å². The molecule has 0 aromatic heterocycles. The number of hydrogen-bond acceptors (Lipinski definition) is 4. The van der Waals surface area contributed by atoms with Gasteiger partial charge in [-0.25, -0.2) is 4.79 Å². The molecule has 1 aliphatic heterocycles. The molecule has 2 amide bonds. The molecule has 0 aromatic carbocycles. The molecule has 120 valence electrons. The van der Waals surface area contributed by atoms with E-state index in [1.54, 1.807) is 4.90 Å². The van der Waals surface area contributed by atoms with E-state index in [1.165, 1.54) is 0 Å². The Kier molecular flexibility index (Phi) is 5.81. The van der Waals surface area contributed by atoms with Gasteiger partial charge in [-0.1, -0.05) is 0 Å². The minimum atomic E-state index is -0.783. The molecule has 7 heteroatoms. The molecule has 7 nitrogen and oxygen atoms in total. The number of amides is 2. The molecule has 2 rings (SSSR count). The summed E-state index contributed by atoms with van der Waals surface area (Å²) < 4.78 is 0. The molecular weight excluding hydrogens is 274 g/mol. The predicted molar refractivity (Wildman–Crippen MR) is 77.1 cm³/mol. The van der Waals surface area contributed by atoms with E-state index in [4.69, 9.17) is 5.11 Å². The third-order valence-corrected chi connectivity index (χ3v) is 4.33. The third-order valence-electron chi connectivity index (χ3n) is 4.33. The first kappa shape index (κ1) is 16.0. The molecule has 2 fully saturated rings. The summed E-state index contributed by atoms with van der Waals surface area (Å²) in [6.45, 7) is 3.28. The smallest absolute Gasteiger partial charge is 0.317 e. The van der Waals surface area contributed by atoms with Gasteiger partial charge in [-0.3, -0.25) is 9.69 Å². The lowest BCUT2D eigenvalue weighted by Gasteiger charge is -2.36. The second kappa shape index (κ2) is 7.61. The highest BCUT2D eigenvalue weighted by molar-refractivity contribution is 5.74. The average Bonchev–Trinajstić information content (AvgIpc) is 2.48. The number of carbonyl (C=O) groups is 2. The van der Waals surface area contributed by atoms with Crippen LogP contribution in [0.15, 0.2) is 0 Å². The zero-order valence-electron chi connectivity index (χ0n) is 12.3. The molecule has 0 radical (unpaired) electrons. The Balaban J connectivity index is 1.67. The van der Waals surface area contributed by atoms with Crippen LogP contribution >= 0.6 is 0 Å². The van der Waals surface area contributed by atoms with Crippen LogP contribution in [-0.4, -0.2) is 76.9 Å². The van der Waals surface area contributed by atoms with Crippen molar-refractivity contribution < 1.29 is 19.8 Å². The van der Waals surface area contributed by atoms with Gasteiger partial charge in [0.25, 0.3) is 0 Å². The van der Waals surface area contributed by atoms with Crippen LogP contribution in [0.25, 0.3) is 0 Å². The average molecular weight is 299 g/mol. The molecule has 0 aromatic rings. The lowest BCUT2D eigenvalue weighted by molar-refractivity contribution is -0.137. The monoisotopic (exact) mass is 299 g/mol. The van der Waals surface area contributed by atoms with Crippen molar-refractivity contribution in [3.8, 4) is 0 Å². The standard InChI is InChI=1S/C14H25N3O4/c18-12-3-1-11(2-4-12)15-14(21)17-9-7-16(8-10-17)6-5-13(19)20/h11-12,18H,1-10H2,(H,15,21)(H,19,20). The molecular formula is C14H25N3O4. The Labute approximate surface area is 124 Å². The summed E-state index contributed by atoms with van der Waals surface area (Å²) in [4.78, 5) is 26.6. The fourth-order valence-electron chi connectivity index (χ4n) is 2.91. The number of aliphatic carboxylic acids is 1. The highest BCUT2D eigenvalue weighted by atomic mass is 16.4. The van der Waals surface area contributed by atoms with Gasteiger partial charge < -0.3 is 20.4 Å². The number of carboxylic acids is 1. The first-order valence-electron chi connectivity index (χ1n) is 7.72. The van der Waals surface area contributed by atoms with Crippen molar-refractivity contribution in [1.29, 1.82) is 0 Å². The van der Waals surface area contributed by atoms with Crippen molar-refractivity contribution in [1.82, 2.24) is 15.1 Å². The molecule has 2 aliphatic rings. The number of aliphatic hydroxyl groups excluding tert-OH is 1. The van der Waals surface area contributed by atoms with Crippen LogP contribution < -0.4 is 5.32 Å². The van der Waals surface area contributed by atoms with Crippen LogP contribution in [0.1, 0.15) is 32.1 Å². The maximum Gasteiger partial charge on any atom is 0.317 e. The van der Waals surface area contributed by atoms with Gasteiger partial charge in [0.1, 0.15) is 0 Å². The van der Waals surface area contributed by atoms with Crippen LogP contribution in [0.5, 0.6) is 0 Å². The Morgan fingerprint density at radius 2 is 1.67 bits per heavy atom. The van der Waals surface area contributed by atoms with Gasteiger partial charge in [-0.05, 0) is 25.7 Å². The summed E-state index contributed by atoms with van der Waals surface area (Å²) in [6.07, 6.45) is 3.13. The van der Waals surface area contributed by atoms with Crippen molar-refractivity contribution in [3.05, 3.63) is 0 Å². The molecule has 0 bridgehead atoms. The van der Waals surface area contributed by atoms with Gasteiger partial charge in [0.15, 0.2) is 0 Å². The minimum absolute atomic E-state index is 0.0331. The lowest BCUT2D eigenvalue weighted by atomic mass is 9.93. The van der Waals surface area contributed by atoms with Crippen molar-refractivity contribution >= 4 is 12.0 Å². The fraction of sp³-hybridized carbons (Fsp3) is 0.857. The minimum Gasteiger partial charge on any atom is -0.481 e. The molecule has 1 saturated carbocycles. The lowest BCUT2D eigenvalue weighted by Crippen LogP contribution is -2.54. The van der Waals surface area contributed by atoms with Crippen molar-refractivity contribution in [3.63, 3.8) is 0 Å². The van der Waals surface area contributed by atoms with Gasteiger partial charge in [0, 0.05) is 38.8 Å². The second-order valence-corrected chi connectivity index (χ2v) is 5.93. The van der Waals surface area contributed by atoms with Gasteiger partial charge in [-0.2, -0.15) is 0 Å². The van der Waals surface area contributed by atoms with Crippen molar-refractivity contribution in [2.24, 2.45) is 0 Å². The summed E-state index contributed by atoms with van der Waals surface area (Å²) in [5.74, 6) is -0.783. The number of carboxylic acid groups (broad SMARTS) is 1. The van der Waals surface area contributed by atoms with Crippen LogP contribution in [0, 0.1) is 0 Å². The molecule has 1 saturated heterocycles. The Morgan fingerprint density at radius 1 is 1.05 bits per heavy atom. The number of piperazine rings is 1. The van der Waals surface area contributed by atoms with Crippen LogP contribution in [0.4, 0.5) is 4.79 Å². The maximum atomic E-state index is 12.2. The van der Waals surface area contributed by atoms with E-state index in [-0.39, 0.29) is 24.6 Å². The predicted octanol–water partition coefficient (Wildman–Crippen LogP) is 0.0918. The van der Waals surface area contributed by atoms with E-state index in [9.17, 15) is 14.7 Å². The fourth-order valence-corrected chi connectivity index (χ4v) is 2.91. The van der Waals surface area contributed by atoms with Crippen molar-refractivity contribution in [2.75, 3.05) is 32.7 Å². The second-order valence-electron chi connectivity index (χ2n) is 5.93. The van der Waals surface area contributed by atoms with Crippen LogP contribution in [0.3, 0.4) is 0 Å². The first-order valence-corrected chi connectivity index (χ1v) is 7.72. The number of carbonyl (C=O) groups excluding carboxylic acids is 1. The molecule has 1 aliphatic carbocycles. The summed E-state index contributed by atoms with van der Waals surface area (Å²) in [6, 6.07) is 0.139. The number of nitrogens with one attached hydrogen (secondary N) is 1. The third kappa shape index (κ3) is 5.17. The molecule has 1 heterocycles. The number of rotatable bonds is 4. The Hall–Kier alpha value is -1.34. The van der Waals surface area contributed by atoms with E-state index >= 15 is 0 Å². The first-order chi connectivity index (χ1) is 10.0. The molecule has 3 N–H and O–H groups in total. The molecule has 0 spiro atoms. The van der Waals surface area contributed by atoms with E-state index in [0.717, 1.165) is 38.8 Å². The van der Waals surface area contributed by atoms with E-state index in [2.05, 4.69) is 10.2 Å². The Bertz CT molecular complexity index is 361. The summed E-state index contributed by atoms with van der Waals surface area (Å²) in [5.41, 5.74) is 0. The number of nitrogens with zero attached hydrogens (tertiary/aromatic N) is 2. The zero-order chi connectivity index (χ0) is 15.2. The highest BCUT2D eigenvalue weighted by Crippen LogP contribution is 2.18. The van der Waals surface area contributed by atoms with Gasteiger partial charge in [0.2, 0.25) is 0 Å². The topological polar surface area (TPSA) is 93.1 Å². The number of aliphatic hydroxyl groups is 1. The van der Waals surface area contributed by atoms with Gasteiger partial charge in [0.05, 0.1) is 12.5 Å². The van der Waals surface area contributed by atoms with E-state index in [1.807, 2.05) is 0 Å². The zero-order valence-corrected chi connectivity index (χ0v) is 12.3. The van der Waals surface area contributed by atoms with Crippen molar-refractivity contribution in [2.45, 2.75) is 44.2 Å². The largest absolute Gasteiger partial charge is 0.481 e. The van der Waals surface area contributed by atoms with Crippen LogP contribution in [-0.2, 0) is 4.79 Å². The molecule has 0 unspecified atom stereocenters. The Morgan fingerprint density at radius 3 is 2.24 bits per heavy atom. The highest BCUT2D eigenvalue weighted by Gasteiger charge is 2.25. The molecule has 0 atom stereocenters. The quantitative estimate of drug-likeness (QED) is 0.684. The maximum absolute atomic E-state index is 12.2. The normalized spacial score (nSPS) is 27.4. The molecule has 21 heavy (non-hydrogen) atoms. The van der Waals surface area contributed by atoms with Crippen LogP contribution in [0.2, 0.25) is 0 Å².